The van der Waals surface area contributed by atoms with Gasteiger partial charge in [-0.05, 0) is 59.1 Å². The van der Waals surface area contributed by atoms with Gasteiger partial charge in [-0.3, -0.25) is 14.9 Å². The molecule has 0 saturated heterocycles. The van der Waals surface area contributed by atoms with Crippen LogP contribution >= 0.6 is 15.9 Å². The van der Waals surface area contributed by atoms with Gasteiger partial charge in [0.1, 0.15) is 11.4 Å². The summed E-state index contributed by atoms with van der Waals surface area (Å²) in [5, 5.41) is 13.8. The van der Waals surface area contributed by atoms with Crippen LogP contribution in [-0.2, 0) is 0 Å². The molecule has 0 atom stereocenters. The molecule has 0 spiro atoms. The smallest absolute Gasteiger partial charge is 0.293 e. The molecule has 2 aromatic rings. The number of ether oxygens (including phenoxy) is 1. The fourth-order valence-corrected chi connectivity index (χ4v) is 2.65. The van der Waals surface area contributed by atoms with Crippen LogP contribution in [0.15, 0.2) is 34.8 Å². The van der Waals surface area contributed by atoms with E-state index in [-0.39, 0.29) is 11.4 Å². The lowest BCUT2D eigenvalue weighted by atomic mass is 10.1. The molecule has 0 aromatic heterocycles. The molecule has 0 heterocycles. The average molecular weight is 379 g/mol. The maximum absolute atomic E-state index is 12.4. The van der Waals surface area contributed by atoms with Gasteiger partial charge in [0.15, 0.2) is 0 Å². The van der Waals surface area contributed by atoms with Crippen molar-refractivity contribution in [2.45, 2.75) is 13.8 Å². The van der Waals surface area contributed by atoms with Gasteiger partial charge >= 0.3 is 0 Å². The molecule has 6 nitrogen and oxygen atoms in total. The predicted octanol–water partition coefficient (Wildman–Crippen LogP) is 4.24. The molecule has 23 heavy (non-hydrogen) atoms. The van der Waals surface area contributed by atoms with Crippen LogP contribution in [0.5, 0.6) is 5.75 Å². The molecule has 0 aliphatic rings. The van der Waals surface area contributed by atoms with Gasteiger partial charge in [-0.2, -0.15) is 0 Å². The first kappa shape index (κ1) is 17.0. The largest absolute Gasteiger partial charge is 0.496 e. The van der Waals surface area contributed by atoms with Crippen molar-refractivity contribution in [2.75, 3.05) is 12.4 Å². The van der Waals surface area contributed by atoms with Crippen molar-refractivity contribution < 1.29 is 14.5 Å². The van der Waals surface area contributed by atoms with Crippen LogP contribution in [-0.4, -0.2) is 17.9 Å². The Kier molecular flexibility index (Phi) is 5.00. The van der Waals surface area contributed by atoms with Crippen molar-refractivity contribution in [3.8, 4) is 5.75 Å². The van der Waals surface area contributed by atoms with Crippen molar-refractivity contribution in [3.63, 3.8) is 0 Å². The molecule has 0 bridgehead atoms. The van der Waals surface area contributed by atoms with Gasteiger partial charge in [0.25, 0.3) is 11.6 Å². The van der Waals surface area contributed by atoms with Crippen LogP contribution < -0.4 is 10.1 Å². The maximum atomic E-state index is 12.4. The van der Waals surface area contributed by atoms with Gasteiger partial charge < -0.3 is 10.1 Å². The van der Waals surface area contributed by atoms with E-state index in [1.807, 2.05) is 6.92 Å². The number of carbonyl (C=O) groups excluding carboxylic acids is 1. The van der Waals surface area contributed by atoms with Crippen molar-refractivity contribution >= 4 is 33.2 Å². The first-order valence-corrected chi connectivity index (χ1v) is 7.54. The Labute approximate surface area is 141 Å². The molecule has 0 unspecified atom stereocenters. The van der Waals surface area contributed by atoms with Gasteiger partial charge in [-0.25, -0.2) is 0 Å². The second-order valence-electron chi connectivity index (χ2n) is 4.96. The maximum Gasteiger partial charge on any atom is 0.293 e. The summed E-state index contributed by atoms with van der Waals surface area (Å²) in [5.41, 5.74) is 1.98. The molecule has 2 rings (SSSR count). The lowest BCUT2D eigenvalue weighted by Crippen LogP contribution is -2.14. The van der Waals surface area contributed by atoms with E-state index >= 15 is 0 Å². The van der Waals surface area contributed by atoms with Crippen molar-refractivity contribution in [2.24, 2.45) is 0 Å². The highest BCUT2D eigenvalue weighted by Crippen LogP contribution is 2.31. The van der Waals surface area contributed by atoms with Crippen LogP contribution in [0.3, 0.4) is 0 Å². The van der Waals surface area contributed by atoms with Crippen molar-refractivity contribution in [1.82, 2.24) is 0 Å². The third-order valence-electron chi connectivity index (χ3n) is 3.56. The molecule has 0 aliphatic carbocycles. The number of hydrogen-bond donors (Lipinski definition) is 1. The third kappa shape index (κ3) is 3.50. The monoisotopic (exact) mass is 378 g/mol. The van der Waals surface area contributed by atoms with Crippen LogP contribution in [0.25, 0.3) is 0 Å². The summed E-state index contributed by atoms with van der Waals surface area (Å²) in [5.74, 6) is 0.171. The van der Waals surface area contributed by atoms with E-state index < -0.39 is 10.8 Å². The Bertz CT molecular complexity index is 790. The normalized spacial score (nSPS) is 10.3. The number of halogens is 1. The number of methoxy groups -OCH3 is 1. The van der Waals surface area contributed by atoms with Crippen LogP contribution in [0.4, 0.5) is 11.4 Å². The van der Waals surface area contributed by atoms with Crippen LogP contribution in [0.2, 0.25) is 0 Å². The van der Waals surface area contributed by atoms with E-state index in [0.29, 0.717) is 21.3 Å². The molecule has 0 radical (unpaired) electrons. The van der Waals surface area contributed by atoms with E-state index in [1.54, 1.807) is 31.2 Å². The topological polar surface area (TPSA) is 81.5 Å². The third-order valence-corrected chi connectivity index (χ3v) is 4.18. The number of nitro groups is 1. The minimum absolute atomic E-state index is 0.131. The Morgan fingerprint density at radius 1 is 1.26 bits per heavy atom. The first-order valence-electron chi connectivity index (χ1n) is 6.74. The molecule has 7 heteroatoms. The van der Waals surface area contributed by atoms with Gasteiger partial charge in [0.2, 0.25) is 0 Å². The van der Waals surface area contributed by atoms with Gasteiger partial charge in [0.05, 0.1) is 16.5 Å². The minimum Gasteiger partial charge on any atom is -0.496 e. The van der Waals surface area contributed by atoms with Gasteiger partial charge in [0, 0.05) is 11.6 Å². The zero-order valence-electron chi connectivity index (χ0n) is 12.8. The van der Waals surface area contributed by atoms with E-state index in [1.165, 1.54) is 13.2 Å². The summed E-state index contributed by atoms with van der Waals surface area (Å²) in [6.45, 7) is 3.57. The number of rotatable bonds is 4. The zero-order chi connectivity index (χ0) is 17.1. The summed E-state index contributed by atoms with van der Waals surface area (Å²) in [6, 6.07) is 7.90. The van der Waals surface area contributed by atoms with Crippen LogP contribution in [0.1, 0.15) is 21.5 Å². The van der Waals surface area contributed by atoms with Crippen LogP contribution in [0, 0.1) is 24.0 Å². The molecule has 2 aromatic carbocycles. The van der Waals surface area contributed by atoms with E-state index in [0.717, 1.165) is 5.56 Å². The van der Waals surface area contributed by atoms with Crippen molar-refractivity contribution in [3.05, 3.63) is 61.6 Å². The fourth-order valence-electron chi connectivity index (χ4n) is 2.10. The molecular weight excluding hydrogens is 364 g/mol. The van der Waals surface area contributed by atoms with E-state index in [9.17, 15) is 14.9 Å². The molecule has 0 fully saturated rings. The number of amides is 1. The predicted molar refractivity (Wildman–Crippen MR) is 91.2 cm³/mol. The lowest BCUT2D eigenvalue weighted by molar-refractivity contribution is -0.384. The summed E-state index contributed by atoms with van der Waals surface area (Å²) in [6.07, 6.45) is 0. The summed E-state index contributed by atoms with van der Waals surface area (Å²) >= 11 is 3.31. The highest BCUT2D eigenvalue weighted by atomic mass is 79.9. The first-order chi connectivity index (χ1) is 10.8. The number of aryl methyl sites for hydroxylation is 1. The molecular formula is C16H15BrN2O4. The molecule has 1 amide bonds. The molecule has 120 valence electrons. The second-order valence-corrected chi connectivity index (χ2v) is 5.82. The van der Waals surface area contributed by atoms with Gasteiger partial charge in [-0.1, -0.05) is 6.07 Å². The van der Waals surface area contributed by atoms with E-state index in [4.69, 9.17) is 4.74 Å². The quantitative estimate of drug-likeness (QED) is 0.637. The SMILES string of the molecule is COc1ccc(C(=O)Nc2c([N+](=O)[O-])ccc(C)c2C)cc1Br. The summed E-state index contributed by atoms with van der Waals surface area (Å²) < 4.78 is 5.74. The Morgan fingerprint density at radius 3 is 2.52 bits per heavy atom. The second kappa shape index (κ2) is 6.78. The standard InChI is InChI=1S/C16H15BrN2O4/c1-9-4-6-13(19(21)22)15(10(9)2)18-16(20)11-5-7-14(23-3)12(17)8-11/h4-8H,1-3H3,(H,18,20). The summed E-state index contributed by atoms with van der Waals surface area (Å²) in [4.78, 5) is 23.1. The Hall–Kier alpha value is -2.41. The minimum atomic E-state index is -0.508. The molecule has 1 N–H and O–H groups in total. The number of nitro benzene ring substituents is 1. The zero-order valence-corrected chi connectivity index (χ0v) is 14.4. The molecule has 0 saturated carbocycles. The highest BCUT2D eigenvalue weighted by Gasteiger charge is 2.20. The Balaban J connectivity index is 2.39. The van der Waals surface area contributed by atoms with E-state index in [2.05, 4.69) is 21.2 Å². The number of anilines is 1. The lowest BCUT2D eigenvalue weighted by Gasteiger charge is -2.12. The molecule has 0 aliphatic heterocycles. The number of nitrogens with zero attached hydrogens (tertiary/aromatic N) is 1. The number of benzene rings is 2. The van der Waals surface area contributed by atoms with Crippen molar-refractivity contribution in [1.29, 1.82) is 0 Å². The number of carbonyl (C=O) groups is 1. The summed E-state index contributed by atoms with van der Waals surface area (Å²) in [7, 11) is 1.53. The average Bonchev–Trinajstić information content (AvgIpc) is 2.51. The number of hydrogen-bond acceptors (Lipinski definition) is 4. The Morgan fingerprint density at radius 2 is 1.96 bits per heavy atom. The van der Waals surface area contributed by atoms with Gasteiger partial charge in [-0.15, -0.1) is 0 Å². The highest BCUT2D eigenvalue weighted by molar-refractivity contribution is 9.10. The number of nitrogens with one attached hydrogen (secondary N) is 1. The fraction of sp³-hybridized carbons (Fsp3) is 0.188.